The van der Waals surface area contributed by atoms with E-state index in [0.717, 1.165) is 45.3 Å². The fourth-order valence-electron chi connectivity index (χ4n) is 6.30. The monoisotopic (exact) mass is 552 g/mol. The number of rotatable bonds is 7. The van der Waals surface area contributed by atoms with Crippen molar-refractivity contribution in [1.82, 2.24) is 4.90 Å². The van der Waals surface area contributed by atoms with Crippen molar-refractivity contribution in [2.24, 2.45) is 23.7 Å². The Morgan fingerprint density at radius 1 is 1.03 bits per heavy atom. The molecule has 1 N–H and O–H groups in total. The van der Waals surface area contributed by atoms with Crippen LogP contribution in [0, 0.1) is 37.5 Å². The van der Waals surface area contributed by atoms with Crippen LogP contribution in [-0.2, 0) is 30.3 Å². The lowest BCUT2D eigenvalue weighted by Gasteiger charge is -2.26. The number of aryl methyl sites for hydroxylation is 2. The molecule has 3 aliphatic rings. The SMILES string of the molecule is Cc1cc(NC(=O)COC(=O)[C@H](Cc2ccccc2)N2C(=O)[C@H]3[C@H]4CC[C@@H](C4)[C@@H]3C2=O)cc(C)c1Br. The third-order valence-corrected chi connectivity index (χ3v) is 9.13. The Morgan fingerprint density at radius 3 is 2.19 bits per heavy atom. The van der Waals surface area contributed by atoms with Gasteiger partial charge in [-0.15, -0.1) is 0 Å². The molecular formula is C28H29BrN2O5. The van der Waals surface area contributed by atoms with Crippen LogP contribution in [0.25, 0.3) is 0 Å². The van der Waals surface area contributed by atoms with Gasteiger partial charge in [0, 0.05) is 16.6 Å². The maximum absolute atomic E-state index is 13.4. The molecule has 2 aromatic carbocycles. The standard InChI is InChI=1S/C28H29BrN2O5/c1-15-10-20(11-16(2)25(15)29)30-22(32)14-36-28(35)21(12-17-6-4-3-5-7-17)31-26(33)23-18-8-9-19(13-18)24(23)27(31)34/h3-7,10-11,18-19,21,23-24H,8-9,12-14H2,1-2H3,(H,30,32)/t18-,19-,21-,23-,24-/m0/s1. The van der Waals surface area contributed by atoms with Gasteiger partial charge in [0.2, 0.25) is 11.8 Å². The highest BCUT2D eigenvalue weighted by molar-refractivity contribution is 9.10. The highest BCUT2D eigenvalue weighted by Crippen LogP contribution is 2.56. The summed E-state index contributed by atoms with van der Waals surface area (Å²) in [7, 11) is 0. The van der Waals surface area contributed by atoms with Gasteiger partial charge in [0.25, 0.3) is 5.91 Å². The average Bonchev–Trinajstić information content (AvgIpc) is 3.54. The molecule has 2 aromatic rings. The normalized spacial score (nSPS) is 25.1. The van der Waals surface area contributed by atoms with Crippen LogP contribution in [0.4, 0.5) is 5.69 Å². The minimum atomic E-state index is -1.10. The molecule has 188 valence electrons. The number of carbonyl (C=O) groups excluding carboxylic acids is 4. The molecule has 3 amide bonds. The quantitative estimate of drug-likeness (QED) is 0.410. The zero-order chi connectivity index (χ0) is 25.6. The van der Waals surface area contributed by atoms with Crippen LogP contribution in [-0.4, -0.2) is 41.2 Å². The summed E-state index contributed by atoms with van der Waals surface area (Å²) >= 11 is 3.50. The first-order valence-corrected chi connectivity index (χ1v) is 13.2. The zero-order valence-corrected chi connectivity index (χ0v) is 21.9. The smallest absolute Gasteiger partial charge is 0.330 e. The zero-order valence-electron chi connectivity index (χ0n) is 20.3. The lowest BCUT2D eigenvalue weighted by molar-refractivity contribution is -0.160. The summed E-state index contributed by atoms with van der Waals surface area (Å²) in [6.45, 7) is 3.34. The Morgan fingerprint density at radius 2 is 1.61 bits per heavy atom. The summed E-state index contributed by atoms with van der Waals surface area (Å²) in [4.78, 5) is 53.8. The Hall–Kier alpha value is -3.00. The van der Waals surface area contributed by atoms with E-state index in [4.69, 9.17) is 4.74 Å². The molecule has 5 rings (SSSR count). The van der Waals surface area contributed by atoms with Crippen molar-refractivity contribution >= 4 is 45.3 Å². The van der Waals surface area contributed by atoms with Crippen molar-refractivity contribution in [2.45, 2.75) is 45.6 Å². The van der Waals surface area contributed by atoms with Gasteiger partial charge in [0.15, 0.2) is 6.61 Å². The van der Waals surface area contributed by atoms with E-state index in [9.17, 15) is 19.2 Å². The Bertz CT molecular complexity index is 1180. The van der Waals surface area contributed by atoms with Crippen LogP contribution >= 0.6 is 15.9 Å². The van der Waals surface area contributed by atoms with Gasteiger partial charge in [0.05, 0.1) is 11.8 Å². The minimum Gasteiger partial charge on any atom is -0.454 e. The first kappa shape index (κ1) is 24.7. The number of halogens is 1. The van der Waals surface area contributed by atoms with Crippen molar-refractivity contribution in [3.05, 3.63) is 63.6 Å². The fraction of sp³-hybridized carbons (Fsp3) is 0.429. The lowest BCUT2D eigenvalue weighted by Crippen LogP contribution is -2.48. The number of ether oxygens (including phenoxy) is 1. The van der Waals surface area contributed by atoms with Gasteiger partial charge < -0.3 is 10.1 Å². The van der Waals surface area contributed by atoms with E-state index in [1.165, 1.54) is 0 Å². The first-order valence-electron chi connectivity index (χ1n) is 12.4. The highest BCUT2D eigenvalue weighted by atomic mass is 79.9. The van der Waals surface area contributed by atoms with Crippen LogP contribution < -0.4 is 5.32 Å². The molecule has 5 atom stereocenters. The molecule has 1 heterocycles. The van der Waals surface area contributed by atoms with E-state index in [-0.39, 0.29) is 41.9 Å². The molecule has 0 aromatic heterocycles. The summed E-state index contributed by atoms with van der Waals surface area (Å²) in [5.74, 6) is -1.97. The molecule has 2 bridgehead atoms. The molecule has 3 fully saturated rings. The number of amides is 3. The van der Waals surface area contributed by atoms with Gasteiger partial charge in [-0.25, -0.2) is 4.79 Å². The topological polar surface area (TPSA) is 92.8 Å². The predicted octanol–water partition coefficient (Wildman–Crippen LogP) is 4.19. The van der Waals surface area contributed by atoms with E-state index in [1.807, 2.05) is 56.3 Å². The number of fused-ring (bicyclic) bond motifs is 5. The molecule has 0 radical (unpaired) electrons. The van der Waals surface area contributed by atoms with Crippen molar-refractivity contribution in [3.63, 3.8) is 0 Å². The molecule has 36 heavy (non-hydrogen) atoms. The van der Waals surface area contributed by atoms with Gasteiger partial charge in [-0.05, 0) is 73.8 Å². The number of nitrogens with zero attached hydrogens (tertiary/aromatic N) is 1. The van der Waals surface area contributed by atoms with Crippen molar-refractivity contribution in [2.75, 3.05) is 11.9 Å². The van der Waals surface area contributed by atoms with E-state index in [2.05, 4.69) is 21.2 Å². The number of carbonyl (C=O) groups is 4. The summed E-state index contributed by atoms with van der Waals surface area (Å²) in [6, 6.07) is 11.8. The molecule has 1 aliphatic heterocycles. The van der Waals surface area contributed by atoms with Gasteiger partial charge in [-0.1, -0.05) is 46.3 Å². The van der Waals surface area contributed by atoms with Crippen LogP contribution in [0.1, 0.15) is 36.0 Å². The van der Waals surface area contributed by atoms with E-state index in [0.29, 0.717) is 5.69 Å². The first-order chi connectivity index (χ1) is 17.2. The van der Waals surface area contributed by atoms with Gasteiger partial charge >= 0.3 is 5.97 Å². The molecule has 2 aliphatic carbocycles. The number of hydrogen-bond donors (Lipinski definition) is 1. The molecule has 0 spiro atoms. The van der Waals surface area contributed by atoms with Crippen LogP contribution in [0.5, 0.6) is 0 Å². The second kappa shape index (κ2) is 9.81. The number of imide groups is 1. The third kappa shape index (κ3) is 4.47. The molecule has 7 nitrogen and oxygen atoms in total. The molecule has 8 heteroatoms. The van der Waals surface area contributed by atoms with E-state index < -0.39 is 24.5 Å². The van der Waals surface area contributed by atoms with Gasteiger partial charge in [-0.2, -0.15) is 0 Å². The average molecular weight is 553 g/mol. The van der Waals surface area contributed by atoms with Crippen molar-refractivity contribution in [3.8, 4) is 0 Å². The van der Waals surface area contributed by atoms with Crippen molar-refractivity contribution < 1.29 is 23.9 Å². The second-order valence-electron chi connectivity index (χ2n) is 10.2. The minimum absolute atomic E-state index is 0.151. The maximum atomic E-state index is 13.4. The Balaban J connectivity index is 1.31. The fourth-order valence-corrected chi connectivity index (χ4v) is 6.53. The predicted molar refractivity (Wildman–Crippen MR) is 137 cm³/mol. The molecule has 0 unspecified atom stereocenters. The summed E-state index contributed by atoms with van der Waals surface area (Å²) in [5.41, 5.74) is 3.35. The Kier molecular flexibility index (Phi) is 6.72. The number of anilines is 1. The van der Waals surface area contributed by atoms with Crippen LogP contribution in [0.15, 0.2) is 46.9 Å². The summed E-state index contributed by atoms with van der Waals surface area (Å²) in [6.07, 6.45) is 2.99. The number of benzene rings is 2. The summed E-state index contributed by atoms with van der Waals surface area (Å²) < 4.78 is 6.36. The third-order valence-electron chi connectivity index (χ3n) is 7.88. The number of esters is 1. The van der Waals surface area contributed by atoms with Crippen LogP contribution in [0.2, 0.25) is 0 Å². The molecule has 1 saturated heterocycles. The number of likely N-dealkylation sites (tertiary alicyclic amines) is 1. The molecular weight excluding hydrogens is 524 g/mol. The highest BCUT2D eigenvalue weighted by Gasteiger charge is 2.62. The van der Waals surface area contributed by atoms with Gasteiger partial charge in [-0.3, -0.25) is 19.3 Å². The maximum Gasteiger partial charge on any atom is 0.330 e. The lowest BCUT2D eigenvalue weighted by atomic mass is 9.81. The van der Waals surface area contributed by atoms with Crippen molar-refractivity contribution in [1.29, 1.82) is 0 Å². The largest absolute Gasteiger partial charge is 0.454 e. The number of nitrogens with one attached hydrogen (secondary N) is 1. The van der Waals surface area contributed by atoms with E-state index >= 15 is 0 Å². The second-order valence-corrected chi connectivity index (χ2v) is 11.0. The van der Waals surface area contributed by atoms with E-state index in [1.54, 1.807) is 0 Å². The summed E-state index contributed by atoms with van der Waals surface area (Å²) in [5, 5.41) is 2.75. The van der Waals surface area contributed by atoms with Crippen LogP contribution in [0.3, 0.4) is 0 Å². The molecule has 2 saturated carbocycles. The number of hydrogen-bond acceptors (Lipinski definition) is 5. The van der Waals surface area contributed by atoms with Gasteiger partial charge in [0.1, 0.15) is 6.04 Å². The Labute approximate surface area is 218 Å².